The van der Waals surface area contributed by atoms with Crippen molar-refractivity contribution in [3.63, 3.8) is 0 Å². The van der Waals surface area contributed by atoms with Crippen molar-refractivity contribution in [1.82, 2.24) is 0 Å². The van der Waals surface area contributed by atoms with Crippen LogP contribution in [0.1, 0.15) is 22.3 Å². The average Bonchev–Trinajstić information content (AvgIpc) is 2.42. The van der Waals surface area contributed by atoms with Crippen LogP contribution in [0.3, 0.4) is 0 Å². The number of aryl methyl sites for hydroxylation is 3. The predicted molar refractivity (Wildman–Crippen MR) is 79.7 cm³/mol. The molecule has 0 atom stereocenters. The summed E-state index contributed by atoms with van der Waals surface area (Å²) in [5.74, 6) is 1.38. The Morgan fingerprint density at radius 2 is 1.60 bits per heavy atom. The summed E-state index contributed by atoms with van der Waals surface area (Å²) in [6.07, 6.45) is 0. The van der Waals surface area contributed by atoms with Gasteiger partial charge >= 0.3 is 0 Å². The number of amidine groups is 1. The second kappa shape index (κ2) is 5.65. The summed E-state index contributed by atoms with van der Waals surface area (Å²) in [4.78, 5) is 0. The first kappa shape index (κ1) is 13.9. The molecule has 2 aromatic rings. The van der Waals surface area contributed by atoms with Crippen molar-refractivity contribution in [2.24, 2.45) is 10.9 Å². The Balaban J connectivity index is 2.47. The molecule has 104 valence electrons. The molecule has 0 aliphatic carbocycles. The number of hydrogen-bond donors (Lipinski definition) is 2. The van der Waals surface area contributed by atoms with Gasteiger partial charge in [0.2, 0.25) is 0 Å². The molecule has 0 unspecified atom stereocenters. The number of rotatable bonds is 3. The van der Waals surface area contributed by atoms with Crippen LogP contribution < -0.4 is 10.5 Å². The van der Waals surface area contributed by atoms with Gasteiger partial charge in [0.15, 0.2) is 5.84 Å². The van der Waals surface area contributed by atoms with Gasteiger partial charge in [-0.1, -0.05) is 23.4 Å². The lowest BCUT2D eigenvalue weighted by Gasteiger charge is -2.13. The van der Waals surface area contributed by atoms with Crippen LogP contribution in [0, 0.1) is 20.8 Å². The molecule has 0 aliphatic rings. The Kier molecular flexibility index (Phi) is 3.94. The van der Waals surface area contributed by atoms with E-state index in [1.165, 1.54) is 0 Å². The standard InChI is InChI=1S/C16H18N2O2/c1-10-4-6-12(3)14(8-10)20-15-9-11(2)5-7-13(15)16(17)18-19/h4-9,19H,1-3H3,(H2,17,18). The van der Waals surface area contributed by atoms with Gasteiger partial charge in [-0.3, -0.25) is 0 Å². The maximum Gasteiger partial charge on any atom is 0.173 e. The highest BCUT2D eigenvalue weighted by Gasteiger charge is 2.11. The zero-order chi connectivity index (χ0) is 14.7. The zero-order valence-corrected chi connectivity index (χ0v) is 11.8. The second-order valence-electron chi connectivity index (χ2n) is 4.86. The molecule has 0 saturated carbocycles. The van der Waals surface area contributed by atoms with Gasteiger partial charge in [-0.15, -0.1) is 0 Å². The topological polar surface area (TPSA) is 67.8 Å². The van der Waals surface area contributed by atoms with Gasteiger partial charge < -0.3 is 15.7 Å². The normalized spacial score (nSPS) is 11.4. The molecule has 2 aromatic carbocycles. The van der Waals surface area contributed by atoms with Crippen molar-refractivity contribution < 1.29 is 9.94 Å². The van der Waals surface area contributed by atoms with E-state index >= 15 is 0 Å². The molecule has 0 bridgehead atoms. The summed E-state index contributed by atoms with van der Waals surface area (Å²) < 4.78 is 5.95. The van der Waals surface area contributed by atoms with Crippen molar-refractivity contribution in [3.8, 4) is 11.5 Å². The fraction of sp³-hybridized carbons (Fsp3) is 0.188. The van der Waals surface area contributed by atoms with Gasteiger partial charge in [0, 0.05) is 0 Å². The molecule has 0 saturated heterocycles. The van der Waals surface area contributed by atoms with E-state index < -0.39 is 0 Å². The van der Waals surface area contributed by atoms with Crippen LogP contribution in [0.15, 0.2) is 41.6 Å². The summed E-state index contributed by atoms with van der Waals surface area (Å²) >= 11 is 0. The van der Waals surface area contributed by atoms with Crippen molar-refractivity contribution in [2.75, 3.05) is 0 Å². The lowest BCUT2D eigenvalue weighted by atomic mass is 10.1. The minimum absolute atomic E-state index is 0.0327. The van der Waals surface area contributed by atoms with E-state index in [-0.39, 0.29) is 5.84 Å². The molecule has 0 aromatic heterocycles. The van der Waals surface area contributed by atoms with Crippen molar-refractivity contribution in [3.05, 3.63) is 58.7 Å². The van der Waals surface area contributed by atoms with E-state index in [1.807, 2.05) is 51.1 Å². The summed E-state index contributed by atoms with van der Waals surface area (Å²) in [6.45, 7) is 5.95. The van der Waals surface area contributed by atoms with Crippen LogP contribution in [-0.2, 0) is 0 Å². The molecule has 0 aliphatic heterocycles. The van der Waals surface area contributed by atoms with Crippen LogP contribution in [0.25, 0.3) is 0 Å². The summed E-state index contributed by atoms with van der Waals surface area (Å²) in [5, 5.41) is 11.9. The van der Waals surface area contributed by atoms with E-state index in [0.29, 0.717) is 11.3 Å². The molecule has 2 rings (SSSR count). The Hall–Kier alpha value is -2.49. The highest BCUT2D eigenvalue weighted by atomic mass is 16.5. The van der Waals surface area contributed by atoms with Crippen LogP contribution in [-0.4, -0.2) is 11.0 Å². The molecule has 0 heterocycles. The minimum Gasteiger partial charge on any atom is -0.456 e. The number of nitrogens with two attached hydrogens (primary N) is 1. The fourth-order valence-corrected chi connectivity index (χ4v) is 1.92. The Morgan fingerprint density at radius 3 is 2.25 bits per heavy atom. The molecular formula is C16H18N2O2. The van der Waals surface area contributed by atoms with Crippen LogP contribution in [0.2, 0.25) is 0 Å². The lowest BCUT2D eigenvalue weighted by molar-refractivity contribution is 0.318. The van der Waals surface area contributed by atoms with Crippen LogP contribution in [0.5, 0.6) is 11.5 Å². The molecule has 0 fully saturated rings. The Morgan fingerprint density at radius 1 is 1.00 bits per heavy atom. The lowest BCUT2D eigenvalue weighted by Crippen LogP contribution is -2.14. The van der Waals surface area contributed by atoms with Gasteiger partial charge in [0.1, 0.15) is 11.5 Å². The van der Waals surface area contributed by atoms with E-state index in [4.69, 9.17) is 15.7 Å². The maximum atomic E-state index is 8.85. The van der Waals surface area contributed by atoms with Crippen molar-refractivity contribution in [1.29, 1.82) is 0 Å². The van der Waals surface area contributed by atoms with E-state index in [1.54, 1.807) is 6.07 Å². The van der Waals surface area contributed by atoms with Gasteiger partial charge in [0.05, 0.1) is 5.56 Å². The second-order valence-corrected chi connectivity index (χ2v) is 4.86. The third-order valence-electron chi connectivity index (χ3n) is 3.08. The first-order valence-corrected chi connectivity index (χ1v) is 6.35. The van der Waals surface area contributed by atoms with Gasteiger partial charge in [-0.05, 0) is 55.7 Å². The van der Waals surface area contributed by atoms with Gasteiger partial charge in [-0.2, -0.15) is 0 Å². The molecule has 3 N–H and O–H groups in total. The van der Waals surface area contributed by atoms with E-state index in [9.17, 15) is 0 Å². The first-order valence-electron chi connectivity index (χ1n) is 6.35. The Labute approximate surface area is 118 Å². The Bertz CT molecular complexity index is 664. The van der Waals surface area contributed by atoms with E-state index in [0.717, 1.165) is 22.4 Å². The number of hydrogen-bond acceptors (Lipinski definition) is 3. The zero-order valence-electron chi connectivity index (χ0n) is 11.8. The highest BCUT2D eigenvalue weighted by Crippen LogP contribution is 2.29. The minimum atomic E-state index is 0.0327. The molecule has 4 nitrogen and oxygen atoms in total. The molecule has 0 amide bonds. The number of benzene rings is 2. The molecule has 4 heteroatoms. The summed E-state index contributed by atoms with van der Waals surface area (Å²) in [5.41, 5.74) is 9.44. The van der Waals surface area contributed by atoms with Crippen molar-refractivity contribution >= 4 is 5.84 Å². The molecule has 0 radical (unpaired) electrons. The average molecular weight is 270 g/mol. The maximum absolute atomic E-state index is 8.85. The van der Waals surface area contributed by atoms with Gasteiger partial charge in [-0.25, -0.2) is 0 Å². The van der Waals surface area contributed by atoms with E-state index in [2.05, 4.69) is 5.16 Å². The number of nitrogens with zero attached hydrogens (tertiary/aromatic N) is 1. The molecular weight excluding hydrogens is 252 g/mol. The summed E-state index contributed by atoms with van der Waals surface area (Å²) in [6, 6.07) is 11.5. The highest BCUT2D eigenvalue weighted by molar-refractivity contribution is 5.99. The van der Waals surface area contributed by atoms with Crippen LogP contribution >= 0.6 is 0 Å². The van der Waals surface area contributed by atoms with Gasteiger partial charge in [0.25, 0.3) is 0 Å². The quantitative estimate of drug-likeness (QED) is 0.388. The SMILES string of the molecule is Cc1ccc(C)c(Oc2cc(C)ccc2C(N)=NO)c1. The largest absolute Gasteiger partial charge is 0.456 e. The third-order valence-corrected chi connectivity index (χ3v) is 3.08. The first-order chi connectivity index (χ1) is 9.51. The monoisotopic (exact) mass is 270 g/mol. The molecule has 0 spiro atoms. The smallest absolute Gasteiger partial charge is 0.173 e. The third kappa shape index (κ3) is 2.91. The van der Waals surface area contributed by atoms with Crippen molar-refractivity contribution in [2.45, 2.75) is 20.8 Å². The predicted octanol–water partition coefficient (Wildman–Crippen LogP) is 3.50. The van der Waals surface area contributed by atoms with Crippen LogP contribution in [0.4, 0.5) is 0 Å². The number of ether oxygens (including phenoxy) is 1. The fourth-order valence-electron chi connectivity index (χ4n) is 1.92. The number of oxime groups is 1. The molecule has 20 heavy (non-hydrogen) atoms. The summed E-state index contributed by atoms with van der Waals surface area (Å²) in [7, 11) is 0.